The van der Waals surface area contributed by atoms with E-state index in [4.69, 9.17) is 37.4 Å². The van der Waals surface area contributed by atoms with Gasteiger partial charge in [0.1, 0.15) is 11.5 Å². The number of hydrogen-bond donors (Lipinski definition) is 0. The first-order valence-electron chi connectivity index (χ1n) is 17.8. The van der Waals surface area contributed by atoms with Crippen molar-refractivity contribution in [1.82, 2.24) is 0 Å². The van der Waals surface area contributed by atoms with E-state index in [9.17, 15) is 22.8 Å². The van der Waals surface area contributed by atoms with Crippen molar-refractivity contribution < 1.29 is 37.0 Å². The summed E-state index contributed by atoms with van der Waals surface area (Å²) in [4.78, 5) is 25.2. The lowest BCUT2D eigenvalue weighted by atomic mass is 10.0. The second-order valence-corrected chi connectivity index (χ2v) is 16.9. The molecule has 0 N–H and O–H groups in total. The Hall–Kier alpha value is -3.01. The lowest BCUT2D eigenvalue weighted by Gasteiger charge is -2.20. The van der Waals surface area contributed by atoms with Crippen LogP contribution < -0.4 is 9.47 Å². The number of carbonyl (C=O) groups excluding carboxylic acids is 2. The van der Waals surface area contributed by atoms with Crippen LogP contribution in [0, 0.1) is 0 Å². The molecule has 0 saturated carbocycles. The topological polar surface area (TPSA) is 61.8 Å². The first kappa shape index (κ1) is 41.4. The molecule has 0 spiro atoms. The fourth-order valence-corrected chi connectivity index (χ4v) is 7.32. The highest BCUT2D eigenvalue weighted by molar-refractivity contribution is 6.68. The molecule has 0 heterocycles. The molecule has 0 aliphatic carbocycles. The minimum Gasteiger partial charge on any atom is -0.494 e. The summed E-state index contributed by atoms with van der Waals surface area (Å²) in [6.45, 7) is 2.75. The summed E-state index contributed by atoms with van der Waals surface area (Å²) in [5, 5.41) is 0. The van der Waals surface area contributed by atoms with Gasteiger partial charge < -0.3 is 14.2 Å². The number of carbonyl (C=O) groups is 2. The van der Waals surface area contributed by atoms with Crippen molar-refractivity contribution in [3.8, 4) is 22.6 Å². The van der Waals surface area contributed by atoms with Crippen LogP contribution in [0.5, 0.6) is 11.5 Å². The zero-order valence-electron chi connectivity index (χ0n) is 28.8. The Balaban J connectivity index is 1.41. The molecular weight excluding hydrogens is 704 g/mol. The van der Waals surface area contributed by atoms with Crippen LogP contribution in [0.4, 0.5) is 13.2 Å². The highest BCUT2D eigenvalue weighted by Crippen LogP contribution is 2.29. The van der Waals surface area contributed by atoms with Crippen molar-refractivity contribution in [2.24, 2.45) is 0 Å². The van der Waals surface area contributed by atoms with Crippen LogP contribution in [0.25, 0.3) is 11.1 Å². The quantitative estimate of drug-likeness (QED) is 0.0317. The van der Waals surface area contributed by atoms with Crippen molar-refractivity contribution in [3.63, 3.8) is 0 Å². The summed E-state index contributed by atoms with van der Waals surface area (Å²) in [7, 11) is -0.319. The number of halogens is 5. The summed E-state index contributed by atoms with van der Waals surface area (Å²) in [6.07, 6.45) is 4.90. The zero-order chi connectivity index (χ0) is 36.2. The van der Waals surface area contributed by atoms with E-state index in [1.54, 1.807) is 12.1 Å². The van der Waals surface area contributed by atoms with Gasteiger partial charge in [-0.25, -0.2) is 9.59 Å². The fourth-order valence-electron chi connectivity index (χ4n) is 5.44. The van der Waals surface area contributed by atoms with Crippen LogP contribution in [-0.4, -0.2) is 44.8 Å². The second-order valence-electron chi connectivity index (χ2n) is 12.5. The summed E-state index contributed by atoms with van der Waals surface area (Å²) >= 11 is 11.6. The van der Waals surface area contributed by atoms with E-state index >= 15 is 0 Å². The molecule has 0 aromatic heterocycles. The summed E-state index contributed by atoms with van der Waals surface area (Å²) < 4.78 is 56.6. The lowest BCUT2D eigenvalue weighted by molar-refractivity contribution is -0.206. The molecule has 0 bridgehead atoms. The van der Waals surface area contributed by atoms with Crippen LogP contribution in [-0.2, 0) is 4.74 Å². The number of unbranched alkanes of at least 4 members (excludes halogenated alkanes) is 10. The van der Waals surface area contributed by atoms with Gasteiger partial charge in [0, 0.05) is 0 Å². The van der Waals surface area contributed by atoms with Gasteiger partial charge in [-0.15, -0.1) is 23.2 Å². The molecule has 0 fully saturated rings. The minimum absolute atomic E-state index is 0.0599. The van der Waals surface area contributed by atoms with Crippen LogP contribution in [0.3, 0.4) is 0 Å². The first-order valence-corrected chi connectivity index (χ1v) is 20.5. The van der Waals surface area contributed by atoms with Gasteiger partial charge in [-0.2, -0.15) is 13.2 Å². The molecule has 0 aliphatic heterocycles. The average Bonchev–Trinajstić information content (AvgIpc) is 3.10. The van der Waals surface area contributed by atoms with E-state index < -0.39 is 24.2 Å². The molecule has 0 radical (unpaired) electrons. The van der Waals surface area contributed by atoms with Gasteiger partial charge in [-0.3, -0.25) is 0 Å². The molecular formula is C39H49Cl2F3O5Si. The molecule has 11 heteroatoms. The molecule has 5 nitrogen and oxygen atoms in total. The molecule has 3 aromatic rings. The predicted octanol–water partition coefficient (Wildman–Crippen LogP) is 11.5. The Morgan fingerprint density at radius 1 is 0.660 bits per heavy atom. The fraction of sp³-hybridized carbons (Fsp3) is 0.487. The largest absolute Gasteiger partial charge is 0.494 e. The highest BCUT2D eigenvalue weighted by Gasteiger charge is 2.42. The number of alkyl halides is 5. The maximum Gasteiger partial charge on any atom is 0.425 e. The number of rotatable bonds is 23. The smallest absolute Gasteiger partial charge is 0.425 e. The Morgan fingerprint density at radius 2 is 1.16 bits per heavy atom. The van der Waals surface area contributed by atoms with E-state index in [1.165, 1.54) is 56.0 Å². The third-order valence-electron chi connectivity index (χ3n) is 8.38. The third-order valence-corrected chi connectivity index (χ3v) is 11.0. The molecule has 274 valence electrons. The molecule has 50 heavy (non-hydrogen) atoms. The monoisotopic (exact) mass is 752 g/mol. The summed E-state index contributed by atoms with van der Waals surface area (Å²) in [5.41, 5.74) is 2.15. The number of ether oxygens (including phenoxy) is 3. The Bertz CT molecular complexity index is 1400. The van der Waals surface area contributed by atoms with Gasteiger partial charge in [-0.1, -0.05) is 101 Å². The van der Waals surface area contributed by atoms with Crippen molar-refractivity contribution in [2.45, 2.75) is 113 Å². The Morgan fingerprint density at radius 3 is 1.76 bits per heavy atom. The molecule has 1 unspecified atom stereocenters. The van der Waals surface area contributed by atoms with Gasteiger partial charge >= 0.3 is 18.1 Å². The molecule has 0 amide bonds. The van der Waals surface area contributed by atoms with Gasteiger partial charge in [0.2, 0.25) is 0 Å². The highest BCUT2D eigenvalue weighted by atomic mass is 35.5. The van der Waals surface area contributed by atoms with Crippen molar-refractivity contribution in [2.75, 3.05) is 6.61 Å². The number of esters is 2. The molecule has 0 aliphatic rings. The molecule has 0 saturated heterocycles. The van der Waals surface area contributed by atoms with E-state index in [0.717, 1.165) is 55.4 Å². The van der Waals surface area contributed by atoms with Gasteiger partial charge in [0.05, 0.1) is 31.7 Å². The van der Waals surface area contributed by atoms with E-state index in [1.807, 2.05) is 36.4 Å². The van der Waals surface area contributed by atoms with Crippen molar-refractivity contribution in [3.05, 3.63) is 83.9 Å². The summed E-state index contributed by atoms with van der Waals surface area (Å²) in [6, 6.07) is 21.2. The van der Waals surface area contributed by atoms with E-state index in [2.05, 4.69) is 6.92 Å². The minimum atomic E-state index is -4.65. The van der Waals surface area contributed by atoms with Crippen LogP contribution in [0.2, 0.25) is 6.04 Å². The van der Waals surface area contributed by atoms with Crippen molar-refractivity contribution in [1.29, 1.82) is 0 Å². The SMILES string of the molecule is CCCCCCCCC(OC(=O)c1ccc(OC(=O)c2ccc(-c3ccc(OCCCCCCCC[SiH2]C(Cl)Cl)cc3)cc2)cc1)C(F)(F)F. The Labute approximate surface area is 307 Å². The first-order chi connectivity index (χ1) is 24.1. The van der Waals surface area contributed by atoms with Crippen LogP contribution in [0.1, 0.15) is 111 Å². The number of benzene rings is 3. The molecule has 1 atom stereocenters. The van der Waals surface area contributed by atoms with Gasteiger partial charge in [-0.05, 0) is 78.9 Å². The zero-order valence-corrected chi connectivity index (χ0v) is 31.8. The van der Waals surface area contributed by atoms with Crippen LogP contribution in [0.15, 0.2) is 72.8 Å². The van der Waals surface area contributed by atoms with E-state index in [0.29, 0.717) is 25.0 Å². The van der Waals surface area contributed by atoms with Gasteiger partial charge in [0.25, 0.3) is 0 Å². The molecule has 3 rings (SSSR count). The maximum atomic E-state index is 13.5. The molecule has 3 aromatic carbocycles. The third kappa shape index (κ3) is 15.9. The second kappa shape index (κ2) is 22.7. The predicted molar refractivity (Wildman–Crippen MR) is 199 cm³/mol. The normalized spacial score (nSPS) is 12.4. The standard InChI is InChI=1S/C39H49Cl2F3O5Si/c1-2-3-4-5-8-11-14-35(39(42,43)44)49-37(46)32-21-25-34(26-22-32)48-36(45)31-17-15-29(16-18-31)30-19-23-33(24-20-30)47-27-12-9-6-7-10-13-28-50-38(40)41/h15-26,35,38H,2-14,27-28,50H2,1H3. The Kier molecular flexibility index (Phi) is 18.8. The summed E-state index contributed by atoms with van der Waals surface area (Å²) in [5.74, 6) is -0.725. The maximum absolute atomic E-state index is 13.5. The van der Waals surface area contributed by atoms with Crippen molar-refractivity contribution >= 4 is 44.7 Å². The average molecular weight is 754 g/mol. The van der Waals surface area contributed by atoms with E-state index in [-0.39, 0.29) is 31.7 Å². The van der Waals surface area contributed by atoms with Gasteiger partial charge in [0.15, 0.2) is 6.10 Å². The lowest BCUT2D eigenvalue weighted by Crippen LogP contribution is -2.33. The number of hydrogen-bond acceptors (Lipinski definition) is 5. The van der Waals surface area contributed by atoms with Crippen LogP contribution >= 0.6 is 23.2 Å².